The van der Waals surface area contributed by atoms with Gasteiger partial charge in [0.15, 0.2) is 0 Å². The highest BCUT2D eigenvalue weighted by molar-refractivity contribution is 6.08. The maximum absolute atomic E-state index is 5.72. The molecule has 0 aliphatic heterocycles. The molecule has 0 N–H and O–H groups in total. The molecule has 0 aromatic heterocycles. The second kappa shape index (κ2) is 16.2. The van der Waals surface area contributed by atoms with Crippen molar-refractivity contribution in [3.8, 4) is 0 Å². The van der Waals surface area contributed by atoms with Crippen molar-refractivity contribution in [3.05, 3.63) is 46.6 Å². The molecule has 0 bridgehead atoms. The molecular weight excluding hydrogens is 340 g/mol. The van der Waals surface area contributed by atoms with Crippen LogP contribution in [0.15, 0.2) is 46.6 Å². The molecule has 0 rings (SSSR count). The fraction of sp³-hybridized carbons (Fsp3) is 0.636. The van der Waals surface area contributed by atoms with Gasteiger partial charge in [-0.3, -0.25) is 0 Å². The summed E-state index contributed by atoms with van der Waals surface area (Å²) in [6.45, 7) is 13.3. The second-order valence-electron chi connectivity index (χ2n) is 7.15. The van der Waals surface area contributed by atoms with Crippen LogP contribution in [0.2, 0.25) is 0 Å². The van der Waals surface area contributed by atoms with Gasteiger partial charge in [0.05, 0.1) is 13.2 Å². The Hall–Kier alpha value is -0.943. The smallest absolute Gasteiger partial charge is 0.271 e. The van der Waals surface area contributed by atoms with Crippen LogP contribution in [0.5, 0.6) is 0 Å². The van der Waals surface area contributed by atoms with Crippen LogP contribution in [-0.4, -0.2) is 36.2 Å². The molecule has 0 saturated carbocycles. The molecule has 4 heteroatoms. The Morgan fingerprint density at radius 1 is 0.692 bits per heavy atom. The highest BCUT2D eigenvalue weighted by atomic mass is 28.1. The van der Waals surface area contributed by atoms with Crippen LogP contribution in [0.25, 0.3) is 0 Å². The molecule has 0 atom stereocenters. The summed E-state index contributed by atoms with van der Waals surface area (Å²) in [4.78, 5) is 0. The predicted molar refractivity (Wildman–Crippen MR) is 116 cm³/mol. The molecule has 0 saturated heterocycles. The molecule has 0 amide bonds. The lowest BCUT2D eigenvalue weighted by molar-refractivity contribution is -0.272. The summed E-state index contributed by atoms with van der Waals surface area (Å²) in [7, 11) is 0.970. The van der Waals surface area contributed by atoms with E-state index in [-0.39, 0.29) is 0 Å². The maximum Gasteiger partial charge on any atom is 0.271 e. The first-order chi connectivity index (χ1) is 12.3. The van der Waals surface area contributed by atoms with Gasteiger partial charge in [-0.1, -0.05) is 46.6 Å². The van der Waals surface area contributed by atoms with E-state index in [0.29, 0.717) is 19.4 Å². The normalized spacial score (nSPS) is 13.6. The first kappa shape index (κ1) is 25.1. The Morgan fingerprint density at radius 2 is 1.12 bits per heavy atom. The molecule has 0 aromatic carbocycles. The SMILES string of the molecule is CC(C)=CCCC(C)=CCOC(OC[SiH3])OCC=C(C)CCC=C(C)C. The Labute approximate surface area is 164 Å². The highest BCUT2D eigenvalue weighted by Crippen LogP contribution is 2.09. The molecule has 0 unspecified atom stereocenters. The van der Waals surface area contributed by atoms with Gasteiger partial charge in [0.2, 0.25) is 0 Å². The van der Waals surface area contributed by atoms with Crippen molar-refractivity contribution in [1.82, 2.24) is 0 Å². The summed E-state index contributed by atoms with van der Waals surface area (Å²) in [5, 5.41) is 0. The second-order valence-corrected chi connectivity index (χ2v) is 7.73. The van der Waals surface area contributed by atoms with Crippen molar-refractivity contribution in [1.29, 1.82) is 0 Å². The van der Waals surface area contributed by atoms with Crippen LogP contribution in [0.1, 0.15) is 67.2 Å². The van der Waals surface area contributed by atoms with Gasteiger partial charge < -0.3 is 14.2 Å². The van der Waals surface area contributed by atoms with Gasteiger partial charge in [-0.05, 0) is 67.2 Å². The van der Waals surface area contributed by atoms with Crippen LogP contribution in [0.4, 0.5) is 0 Å². The first-order valence-electron chi connectivity index (χ1n) is 9.78. The third-order valence-corrected chi connectivity index (χ3v) is 4.15. The zero-order valence-electron chi connectivity index (χ0n) is 18.1. The number of allylic oxidation sites excluding steroid dienone is 6. The van der Waals surface area contributed by atoms with Crippen molar-refractivity contribution in [2.75, 3.05) is 19.4 Å². The zero-order chi connectivity index (χ0) is 19.8. The van der Waals surface area contributed by atoms with Gasteiger partial charge in [-0.15, -0.1) is 0 Å². The average molecular weight is 381 g/mol. The van der Waals surface area contributed by atoms with Crippen LogP contribution < -0.4 is 0 Å². The third kappa shape index (κ3) is 16.5. The van der Waals surface area contributed by atoms with Gasteiger partial charge in [-0.2, -0.15) is 0 Å². The van der Waals surface area contributed by atoms with E-state index >= 15 is 0 Å². The van der Waals surface area contributed by atoms with Crippen molar-refractivity contribution >= 4 is 10.2 Å². The van der Waals surface area contributed by atoms with Crippen LogP contribution in [0, 0.1) is 0 Å². The van der Waals surface area contributed by atoms with E-state index in [0.717, 1.165) is 35.9 Å². The number of rotatable bonds is 14. The summed E-state index contributed by atoms with van der Waals surface area (Å²) in [5.41, 5.74) is 5.41. The van der Waals surface area contributed by atoms with Crippen molar-refractivity contribution in [2.24, 2.45) is 0 Å². The molecule has 0 aliphatic rings. The summed E-state index contributed by atoms with van der Waals surface area (Å²) in [5.74, 6) is 0. The topological polar surface area (TPSA) is 27.7 Å². The van der Waals surface area contributed by atoms with Gasteiger partial charge in [0.1, 0.15) is 0 Å². The lowest BCUT2D eigenvalue weighted by Crippen LogP contribution is -2.22. The van der Waals surface area contributed by atoms with Crippen LogP contribution in [0.3, 0.4) is 0 Å². The minimum Gasteiger partial charge on any atom is -0.334 e. The van der Waals surface area contributed by atoms with Gasteiger partial charge in [0, 0.05) is 16.5 Å². The largest absolute Gasteiger partial charge is 0.334 e. The van der Waals surface area contributed by atoms with E-state index in [9.17, 15) is 0 Å². The van der Waals surface area contributed by atoms with E-state index in [2.05, 4.69) is 65.8 Å². The number of hydrogen-bond donors (Lipinski definition) is 0. The minimum atomic E-state index is -0.573. The molecular formula is C22H40O3Si. The molecule has 0 radical (unpaired) electrons. The summed E-state index contributed by atoms with van der Waals surface area (Å²) in [6.07, 6.45) is 13.8. The Bertz CT molecular complexity index is 440. The average Bonchev–Trinajstić information content (AvgIpc) is 2.54. The monoisotopic (exact) mass is 380 g/mol. The fourth-order valence-electron chi connectivity index (χ4n) is 2.20. The molecule has 0 heterocycles. The van der Waals surface area contributed by atoms with Crippen LogP contribution >= 0.6 is 0 Å². The first-order valence-corrected chi connectivity index (χ1v) is 11.2. The Kier molecular flexibility index (Phi) is 15.7. The fourth-order valence-corrected chi connectivity index (χ4v) is 2.47. The Balaban J connectivity index is 4.19. The zero-order valence-corrected chi connectivity index (χ0v) is 20.1. The van der Waals surface area contributed by atoms with Crippen molar-refractivity contribution in [2.45, 2.75) is 73.7 Å². The maximum atomic E-state index is 5.72. The molecule has 150 valence electrons. The predicted octanol–water partition coefficient (Wildman–Crippen LogP) is 5.03. The lowest BCUT2D eigenvalue weighted by atomic mass is 10.1. The molecule has 26 heavy (non-hydrogen) atoms. The van der Waals surface area contributed by atoms with Gasteiger partial charge in [0.25, 0.3) is 6.48 Å². The highest BCUT2D eigenvalue weighted by Gasteiger charge is 2.07. The van der Waals surface area contributed by atoms with Gasteiger partial charge in [-0.25, -0.2) is 0 Å². The van der Waals surface area contributed by atoms with E-state index in [1.54, 1.807) is 0 Å². The van der Waals surface area contributed by atoms with E-state index in [4.69, 9.17) is 14.2 Å². The minimum absolute atomic E-state index is 0.524. The van der Waals surface area contributed by atoms with E-state index in [1.807, 2.05) is 0 Å². The van der Waals surface area contributed by atoms with Crippen molar-refractivity contribution in [3.63, 3.8) is 0 Å². The molecule has 0 spiro atoms. The molecule has 3 nitrogen and oxygen atoms in total. The number of ether oxygens (including phenoxy) is 3. The summed E-state index contributed by atoms with van der Waals surface area (Å²) in [6, 6.07) is 0. The summed E-state index contributed by atoms with van der Waals surface area (Å²) >= 11 is 0. The molecule has 0 aliphatic carbocycles. The Morgan fingerprint density at radius 3 is 1.46 bits per heavy atom. The van der Waals surface area contributed by atoms with E-state index < -0.39 is 6.48 Å². The van der Waals surface area contributed by atoms with Gasteiger partial charge >= 0.3 is 0 Å². The lowest BCUT2D eigenvalue weighted by Gasteiger charge is -2.17. The summed E-state index contributed by atoms with van der Waals surface area (Å²) < 4.78 is 17.0. The third-order valence-electron chi connectivity index (χ3n) is 3.81. The quantitative estimate of drug-likeness (QED) is 0.240. The standard InChI is InChI=1S/C22H40O3Si/c1-18(2)9-7-11-20(5)13-15-23-22(25-17-26)24-16-14-21(6)12-8-10-19(3)4/h9-10,13-14,22H,7-8,11-12,15-17H2,1-6,26H3. The van der Waals surface area contributed by atoms with Crippen molar-refractivity contribution < 1.29 is 14.2 Å². The molecule has 0 fully saturated rings. The van der Waals surface area contributed by atoms with Crippen LogP contribution in [-0.2, 0) is 14.2 Å². The van der Waals surface area contributed by atoms with E-state index in [1.165, 1.54) is 22.3 Å². The number of hydrogen-bond acceptors (Lipinski definition) is 3. The molecule has 0 aromatic rings.